The largest absolute Gasteiger partial charge is 0.544 e. The van der Waals surface area contributed by atoms with Crippen molar-refractivity contribution in [1.82, 2.24) is 4.31 Å². The molecule has 2 rings (SSSR count). The summed E-state index contributed by atoms with van der Waals surface area (Å²) in [6, 6.07) is -0.898. The quantitative estimate of drug-likeness (QED) is 0.582. The third-order valence-electron chi connectivity index (χ3n) is 3.33. The van der Waals surface area contributed by atoms with E-state index in [-0.39, 0.29) is 4.31 Å². The highest BCUT2D eigenvalue weighted by molar-refractivity contribution is 7.82. The maximum atomic E-state index is 12.1. The molecule has 1 unspecified atom stereocenters. The molecule has 92 valence electrons. The third kappa shape index (κ3) is 1.94. The average molecular weight is 248 g/mol. The molecule has 2 atom stereocenters. The molecule has 0 saturated carbocycles. The standard InChI is InChI=1S/C9H16N2O4S/c12-9(13)8-4-3-7-11(8)16(14,15)10-5-1-2-6-10/h8H,1-7H2,(H,12,13)/t8-/m0/s1. The fraction of sp³-hybridized carbons (Fsp3) is 0.889. The molecule has 0 spiro atoms. The van der Waals surface area contributed by atoms with E-state index in [1.807, 2.05) is 0 Å². The molecule has 1 N–H and O–H groups in total. The highest BCUT2D eigenvalue weighted by Gasteiger charge is 2.43. The van der Waals surface area contributed by atoms with Crippen LogP contribution in [0.15, 0.2) is 0 Å². The molecule has 16 heavy (non-hydrogen) atoms. The molecular formula is C9H16N2O4S. The van der Waals surface area contributed by atoms with Crippen LogP contribution in [0.25, 0.3) is 0 Å². The van der Waals surface area contributed by atoms with E-state index >= 15 is 0 Å². The Hall–Kier alpha value is -0.660. The molecule has 0 aromatic heterocycles. The van der Waals surface area contributed by atoms with E-state index in [0.717, 1.165) is 12.8 Å². The Balaban J connectivity index is 2.19. The fourth-order valence-electron chi connectivity index (χ4n) is 2.47. The summed E-state index contributed by atoms with van der Waals surface area (Å²) in [6.45, 7) is 1.41. The predicted molar refractivity (Wildman–Crippen MR) is 53.6 cm³/mol. The Labute approximate surface area is 95.0 Å². The monoisotopic (exact) mass is 248 g/mol. The van der Waals surface area contributed by atoms with Gasteiger partial charge in [-0.15, -0.1) is 0 Å². The minimum absolute atomic E-state index is 0.161. The van der Waals surface area contributed by atoms with Gasteiger partial charge in [-0.2, -0.15) is 12.7 Å². The van der Waals surface area contributed by atoms with Crippen LogP contribution in [0.3, 0.4) is 0 Å². The van der Waals surface area contributed by atoms with Gasteiger partial charge in [-0.05, 0) is 12.8 Å². The van der Waals surface area contributed by atoms with Crippen molar-refractivity contribution in [1.29, 1.82) is 0 Å². The van der Waals surface area contributed by atoms with Crippen LogP contribution in [0, 0.1) is 0 Å². The lowest BCUT2D eigenvalue weighted by molar-refractivity contribution is -0.777. The Bertz CT molecular complexity index is 375. The molecule has 2 saturated heterocycles. The molecule has 0 amide bonds. The van der Waals surface area contributed by atoms with Gasteiger partial charge in [-0.25, -0.2) is 4.31 Å². The molecule has 2 aliphatic heterocycles. The molecule has 0 aromatic carbocycles. The number of nitrogens with one attached hydrogen (secondary N) is 1. The van der Waals surface area contributed by atoms with Gasteiger partial charge in [0, 0.05) is 25.9 Å². The summed E-state index contributed by atoms with van der Waals surface area (Å²) in [5.74, 6) is -1.25. The van der Waals surface area contributed by atoms with Crippen LogP contribution in [-0.2, 0) is 15.0 Å². The highest BCUT2D eigenvalue weighted by atomic mass is 32.2. The summed E-state index contributed by atoms with van der Waals surface area (Å²) >= 11 is 0. The SMILES string of the molecule is O=C([O-])[C@@H]1CCC[NH+]1S(=O)(=O)N1CCCC1. The van der Waals surface area contributed by atoms with Gasteiger partial charge < -0.3 is 9.90 Å². The van der Waals surface area contributed by atoms with Crippen LogP contribution in [0.4, 0.5) is 0 Å². The van der Waals surface area contributed by atoms with Gasteiger partial charge in [-0.1, -0.05) is 0 Å². The second-order valence-corrected chi connectivity index (χ2v) is 6.33. The van der Waals surface area contributed by atoms with Crippen molar-refractivity contribution in [2.45, 2.75) is 31.7 Å². The second kappa shape index (κ2) is 4.31. The van der Waals surface area contributed by atoms with Crippen molar-refractivity contribution >= 4 is 16.2 Å². The lowest BCUT2D eigenvalue weighted by Crippen LogP contribution is -3.18. The maximum Gasteiger partial charge on any atom is 0.371 e. The molecule has 0 bridgehead atoms. The molecule has 0 radical (unpaired) electrons. The molecule has 0 aromatic rings. The van der Waals surface area contributed by atoms with Gasteiger partial charge in [0.2, 0.25) is 0 Å². The van der Waals surface area contributed by atoms with E-state index in [1.54, 1.807) is 0 Å². The van der Waals surface area contributed by atoms with Crippen molar-refractivity contribution < 1.29 is 22.6 Å². The molecule has 2 heterocycles. The zero-order valence-corrected chi connectivity index (χ0v) is 9.83. The zero-order chi connectivity index (χ0) is 11.8. The van der Waals surface area contributed by atoms with Crippen LogP contribution >= 0.6 is 0 Å². The fourth-order valence-corrected chi connectivity index (χ4v) is 4.51. The summed E-state index contributed by atoms with van der Waals surface area (Å²) in [5, 5.41) is 10.9. The smallest absolute Gasteiger partial charge is 0.371 e. The number of hydrogen-bond donors (Lipinski definition) is 1. The maximum absolute atomic E-state index is 12.1. The van der Waals surface area contributed by atoms with E-state index in [1.165, 1.54) is 4.31 Å². The molecular weight excluding hydrogens is 232 g/mol. The van der Waals surface area contributed by atoms with Crippen LogP contribution in [0.1, 0.15) is 25.7 Å². The predicted octanol–water partition coefficient (Wildman–Crippen LogP) is -2.88. The average Bonchev–Trinajstić information content (AvgIpc) is 2.89. The number of carbonyl (C=O) groups excluding carboxylic acids is 1. The van der Waals surface area contributed by atoms with Crippen LogP contribution < -0.4 is 9.41 Å². The van der Waals surface area contributed by atoms with Crippen molar-refractivity contribution in [3.8, 4) is 0 Å². The highest BCUT2D eigenvalue weighted by Crippen LogP contribution is 2.11. The molecule has 2 fully saturated rings. The summed E-state index contributed by atoms with van der Waals surface area (Å²) in [5.41, 5.74) is 0. The van der Waals surface area contributed by atoms with Crippen molar-refractivity contribution in [3.05, 3.63) is 0 Å². The number of carboxylic acid groups (broad SMARTS) is 1. The molecule has 7 heteroatoms. The van der Waals surface area contributed by atoms with Crippen molar-refractivity contribution in [2.75, 3.05) is 19.6 Å². The van der Waals surface area contributed by atoms with Crippen LogP contribution in [-0.4, -0.2) is 44.4 Å². The molecule has 2 aliphatic rings. The first-order valence-electron chi connectivity index (χ1n) is 5.60. The second-order valence-electron chi connectivity index (χ2n) is 4.34. The van der Waals surface area contributed by atoms with Gasteiger partial charge >= 0.3 is 10.2 Å². The van der Waals surface area contributed by atoms with E-state index in [0.29, 0.717) is 32.5 Å². The normalized spacial score (nSPS) is 32.0. The Kier molecular flexibility index (Phi) is 3.18. The first-order chi connectivity index (χ1) is 7.53. The van der Waals surface area contributed by atoms with E-state index in [2.05, 4.69) is 0 Å². The van der Waals surface area contributed by atoms with E-state index < -0.39 is 22.2 Å². The van der Waals surface area contributed by atoms with Crippen molar-refractivity contribution in [2.24, 2.45) is 0 Å². The molecule has 0 aliphatic carbocycles. The van der Waals surface area contributed by atoms with Crippen LogP contribution in [0.2, 0.25) is 0 Å². The minimum Gasteiger partial charge on any atom is -0.544 e. The Morgan fingerprint density at radius 3 is 2.44 bits per heavy atom. The number of carboxylic acids is 1. The van der Waals surface area contributed by atoms with Gasteiger partial charge in [0.15, 0.2) is 0 Å². The number of aliphatic carboxylic acids is 1. The summed E-state index contributed by atoms with van der Waals surface area (Å²) in [4.78, 5) is 10.9. The Morgan fingerprint density at radius 1 is 1.25 bits per heavy atom. The number of nitrogens with zero attached hydrogens (tertiary/aromatic N) is 1. The van der Waals surface area contributed by atoms with Crippen molar-refractivity contribution in [3.63, 3.8) is 0 Å². The summed E-state index contributed by atoms with van der Waals surface area (Å²) in [6.07, 6.45) is 2.75. The zero-order valence-electron chi connectivity index (χ0n) is 9.02. The molecule has 6 nitrogen and oxygen atoms in total. The lowest BCUT2D eigenvalue weighted by atomic mass is 10.2. The minimum atomic E-state index is -3.50. The van der Waals surface area contributed by atoms with E-state index in [4.69, 9.17) is 0 Å². The number of rotatable bonds is 3. The van der Waals surface area contributed by atoms with Gasteiger partial charge in [0.25, 0.3) is 0 Å². The van der Waals surface area contributed by atoms with Gasteiger partial charge in [0.05, 0.1) is 6.54 Å². The Morgan fingerprint density at radius 2 is 1.88 bits per heavy atom. The number of carbonyl (C=O) groups is 1. The lowest BCUT2D eigenvalue weighted by Gasteiger charge is -2.25. The topological polar surface area (TPSA) is 81.9 Å². The first kappa shape index (κ1) is 11.8. The van der Waals surface area contributed by atoms with Crippen LogP contribution in [0.5, 0.6) is 0 Å². The summed E-state index contributed by atoms with van der Waals surface area (Å²) in [7, 11) is -3.50. The third-order valence-corrected chi connectivity index (χ3v) is 5.52. The first-order valence-corrected chi connectivity index (χ1v) is 7.04. The number of hydrogen-bond acceptors (Lipinski definition) is 4. The summed E-state index contributed by atoms with van der Waals surface area (Å²) < 4.78 is 25.9. The van der Waals surface area contributed by atoms with E-state index in [9.17, 15) is 18.3 Å². The number of quaternary nitrogens is 1. The van der Waals surface area contributed by atoms with Gasteiger partial charge in [0.1, 0.15) is 12.0 Å². The van der Waals surface area contributed by atoms with Gasteiger partial charge in [-0.3, -0.25) is 0 Å².